The molecule has 2 amide bonds. The van der Waals surface area contributed by atoms with Crippen molar-refractivity contribution in [1.82, 2.24) is 4.90 Å². The Kier molecular flexibility index (Phi) is 6.13. The molecule has 1 atom stereocenters. The van der Waals surface area contributed by atoms with E-state index < -0.39 is 30.8 Å². The Balaban J connectivity index is 2.01. The van der Waals surface area contributed by atoms with Gasteiger partial charge in [0, 0.05) is 15.5 Å². The standard InChI is InChI=1S/C14H13Br2F3N2O3/c15-8-3-4-10(9(16)6-8)20-12(22)11-2-1-5-21(11)13(23)24-7-14(17,18)19/h3-4,6,11H,1-2,5,7H2,(H,20,22). The summed E-state index contributed by atoms with van der Waals surface area (Å²) in [5.41, 5.74) is 0.499. The predicted octanol–water partition coefficient (Wildman–Crippen LogP) is 4.31. The minimum atomic E-state index is -4.60. The van der Waals surface area contributed by atoms with E-state index in [9.17, 15) is 22.8 Å². The van der Waals surface area contributed by atoms with Gasteiger partial charge in [0.25, 0.3) is 0 Å². The molecule has 1 aliphatic heterocycles. The van der Waals surface area contributed by atoms with Gasteiger partial charge in [0.15, 0.2) is 6.61 Å². The number of carbonyl (C=O) groups is 2. The smallest absolute Gasteiger partial charge is 0.422 e. The molecule has 1 N–H and O–H groups in total. The molecule has 0 radical (unpaired) electrons. The minimum absolute atomic E-state index is 0.177. The van der Waals surface area contributed by atoms with Crippen LogP contribution in [-0.4, -0.2) is 42.3 Å². The second kappa shape index (κ2) is 7.73. The summed E-state index contributed by atoms with van der Waals surface area (Å²) in [7, 11) is 0. The number of ether oxygens (including phenoxy) is 1. The molecule has 0 saturated carbocycles. The Morgan fingerprint density at radius 3 is 2.67 bits per heavy atom. The summed E-state index contributed by atoms with van der Waals surface area (Å²) in [5.74, 6) is -0.473. The number of anilines is 1. The van der Waals surface area contributed by atoms with Crippen molar-refractivity contribution in [2.75, 3.05) is 18.5 Å². The van der Waals surface area contributed by atoms with Gasteiger partial charge in [0.05, 0.1) is 5.69 Å². The molecule has 0 aliphatic carbocycles. The summed E-state index contributed by atoms with van der Waals surface area (Å²) in [6, 6.07) is 4.26. The summed E-state index contributed by atoms with van der Waals surface area (Å²) in [4.78, 5) is 25.2. The molecule has 1 aromatic carbocycles. The molecule has 1 unspecified atom stereocenters. The van der Waals surface area contributed by atoms with Crippen LogP contribution in [0.3, 0.4) is 0 Å². The van der Waals surface area contributed by atoms with Crippen molar-refractivity contribution in [1.29, 1.82) is 0 Å². The topological polar surface area (TPSA) is 58.6 Å². The zero-order chi connectivity index (χ0) is 17.9. The molecule has 2 rings (SSSR count). The molecule has 1 saturated heterocycles. The van der Waals surface area contributed by atoms with E-state index in [-0.39, 0.29) is 6.54 Å². The lowest BCUT2D eigenvalue weighted by Crippen LogP contribution is -2.44. The van der Waals surface area contributed by atoms with Gasteiger partial charge in [-0.15, -0.1) is 0 Å². The normalized spacial score (nSPS) is 17.7. The summed E-state index contributed by atoms with van der Waals surface area (Å²) < 4.78 is 42.1. The van der Waals surface area contributed by atoms with Gasteiger partial charge in [-0.2, -0.15) is 13.2 Å². The Labute approximate surface area is 152 Å². The van der Waals surface area contributed by atoms with Gasteiger partial charge < -0.3 is 10.1 Å². The molecular weight excluding hydrogens is 461 g/mol. The molecule has 0 bridgehead atoms. The zero-order valence-electron chi connectivity index (χ0n) is 12.2. The number of nitrogens with one attached hydrogen (secondary N) is 1. The molecule has 5 nitrogen and oxygen atoms in total. The predicted molar refractivity (Wildman–Crippen MR) is 87.6 cm³/mol. The number of hydrogen-bond donors (Lipinski definition) is 1. The Morgan fingerprint density at radius 2 is 2.04 bits per heavy atom. The second-order valence-corrected chi connectivity index (χ2v) is 6.90. The lowest BCUT2D eigenvalue weighted by Gasteiger charge is -2.23. The molecule has 1 fully saturated rings. The van der Waals surface area contributed by atoms with Crippen molar-refractivity contribution in [3.63, 3.8) is 0 Å². The molecule has 132 valence electrons. The first kappa shape index (κ1) is 19.0. The van der Waals surface area contributed by atoms with E-state index in [1.165, 1.54) is 0 Å². The number of amides is 2. The van der Waals surface area contributed by atoms with Crippen molar-refractivity contribution in [3.05, 3.63) is 27.1 Å². The third kappa shape index (κ3) is 5.10. The lowest BCUT2D eigenvalue weighted by molar-refractivity contribution is -0.162. The van der Waals surface area contributed by atoms with Crippen LogP contribution in [0, 0.1) is 0 Å². The second-order valence-electron chi connectivity index (χ2n) is 5.13. The van der Waals surface area contributed by atoms with Crippen molar-refractivity contribution in [2.24, 2.45) is 0 Å². The van der Waals surface area contributed by atoms with Crippen molar-refractivity contribution >= 4 is 49.5 Å². The first-order valence-corrected chi connectivity index (χ1v) is 8.52. The highest BCUT2D eigenvalue weighted by Crippen LogP contribution is 2.28. The number of carbonyl (C=O) groups excluding carboxylic acids is 2. The maximum Gasteiger partial charge on any atom is 0.422 e. The van der Waals surface area contributed by atoms with E-state index in [1.54, 1.807) is 18.2 Å². The van der Waals surface area contributed by atoms with Gasteiger partial charge in [-0.3, -0.25) is 9.69 Å². The number of nitrogens with zero attached hydrogens (tertiary/aromatic N) is 1. The third-order valence-electron chi connectivity index (χ3n) is 3.34. The maximum atomic E-state index is 12.4. The summed E-state index contributed by atoms with van der Waals surface area (Å²) in [5, 5.41) is 2.66. The fourth-order valence-corrected chi connectivity index (χ4v) is 3.44. The van der Waals surface area contributed by atoms with Crippen molar-refractivity contribution in [3.8, 4) is 0 Å². The van der Waals surface area contributed by atoms with E-state index in [0.717, 1.165) is 9.37 Å². The molecule has 0 spiro atoms. The monoisotopic (exact) mass is 472 g/mol. The summed E-state index contributed by atoms with van der Waals surface area (Å²) in [6.45, 7) is -1.49. The van der Waals surface area contributed by atoms with E-state index in [0.29, 0.717) is 23.0 Å². The number of benzene rings is 1. The fourth-order valence-electron chi connectivity index (χ4n) is 2.29. The van der Waals surface area contributed by atoms with Crippen LogP contribution in [0.5, 0.6) is 0 Å². The molecule has 24 heavy (non-hydrogen) atoms. The van der Waals surface area contributed by atoms with E-state index in [4.69, 9.17) is 0 Å². The highest BCUT2D eigenvalue weighted by molar-refractivity contribution is 9.11. The van der Waals surface area contributed by atoms with Crippen LogP contribution >= 0.6 is 31.9 Å². The number of hydrogen-bond acceptors (Lipinski definition) is 3. The molecule has 1 heterocycles. The number of halogens is 5. The molecule has 10 heteroatoms. The van der Waals surface area contributed by atoms with E-state index in [1.807, 2.05) is 0 Å². The van der Waals surface area contributed by atoms with Gasteiger partial charge in [-0.05, 0) is 47.0 Å². The average Bonchev–Trinajstić information content (AvgIpc) is 2.96. The Hall–Kier alpha value is -1.29. The summed E-state index contributed by atoms with van der Waals surface area (Å²) in [6.07, 6.45) is -4.86. The highest BCUT2D eigenvalue weighted by atomic mass is 79.9. The van der Waals surface area contributed by atoms with Crippen LogP contribution in [-0.2, 0) is 9.53 Å². The van der Waals surface area contributed by atoms with Crippen molar-refractivity contribution in [2.45, 2.75) is 25.1 Å². The van der Waals surface area contributed by atoms with E-state index >= 15 is 0 Å². The average molecular weight is 474 g/mol. The number of alkyl halides is 3. The van der Waals surface area contributed by atoms with Gasteiger partial charge >= 0.3 is 12.3 Å². The van der Waals surface area contributed by atoms with Crippen molar-refractivity contribution < 1.29 is 27.5 Å². The maximum absolute atomic E-state index is 12.4. The molecule has 0 aromatic heterocycles. The van der Waals surface area contributed by atoms with Crippen LogP contribution in [0.15, 0.2) is 27.1 Å². The highest BCUT2D eigenvalue weighted by Gasteiger charge is 2.37. The van der Waals surface area contributed by atoms with Crippen LogP contribution in [0.4, 0.5) is 23.7 Å². The molecule has 1 aromatic rings. The Morgan fingerprint density at radius 1 is 1.33 bits per heavy atom. The van der Waals surface area contributed by atoms with Crippen LogP contribution in [0.1, 0.15) is 12.8 Å². The first-order chi connectivity index (χ1) is 11.2. The van der Waals surface area contributed by atoms with Gasteiger partial charge in [0.2, 0.25) is 5.91 Å². The SMILES string of the molecule is O=C(Nc1ccc(Br)cc1Br)C1CCCN1C(=O)OCC(F)(F)F. The zero-order valence-corrected chi connectivity index (χ0v) is 15.4. The van der Waals surface area contributed by atoms with Gasteiger partial charge in [-0.25, -0.2) is 4.79 Å². The summed E-state index contributed by atoms with van der Waals surface area (Å²) >= 11 is 6.59. The molecular formula is C14H13Br2F3N2O3. The molecule has 1 aliphatic rings. The van der Waals surface area contributed by atoms with Gasteiger partial charge in [0.1, 0.15) is 6.04 Å². The number of rotatable bonds is 3. The third-order valence-corrected chi connectivity index (χ3v) is 4.49. The quantitative estimate of drug-likeness (QED) is 0.711. The van der Waals surface area contributed by atoms with Gasteiger partial charge in [-0.1, -0.05) is 15.9 Å². The lowest BCUT2D eigenvalue weighted by atomic mass is 10.2. The van der Waals surface area contributed by atoms with E-state index in [2.05, 4.69) is 41.9 Å². The minimum Gasteiger partial charge on any atom is -0.440 e. The number of likely N-dealkylation sites (tertiary alicyclic amines) is 1. The first-order valence-electron chi connectivity index (χ1n) is 6.93. The fraction of sp³-hybridized carbons (Fsp3) is 0.429. The largest absolute Gasteiger partial charge is 0.440 e. The van der Waals surface area contributed by atoms with Crippen LogP contribution in [0.2, 0.25) is 0 Å². The van der Waals surface area contributed by atoms with Crippen LogP contribution < -0.4 is 5.32 Å². The van der Waals surface area contributed by atoms with Crippen LogP contribution in [0.25, 0.3) is 0 Å². The Bertz CT molecular complexity index is 640.